The van der Waals surface area contributed by atoms with E-state index in [0.29, 0.717) is 36.0 Å². The molecule has 1 amide bonds. The molecule has 1 aliphatic rings. The lowest BCUT2D eigenvalue weighted by Gasteiger charge is -2.36. The molecule has 39 heavy (non-hydrogen) atoms. The summed E-state index contributed by atoms with van der Waals surface area (Å²) >= 11 is 10.2. The number of para-hydroxylation sites is 2. The molecular formula is C29H25BrClN7O. The van der Waals surface area contributed by atoms with Crippen LogP contribution >= 0.6 is 27.5 Å². The van der Waals surface area contributed by atoms with Crippen molar-refractivity contribution in [2.45, 2.75) is 6.54 Å². The van der Waals surface area contributed by atoms with Crippen LogP contribution in [0.2, 0.25) is 5.02 Å². The third-order valence-corrected chi connectivity index (χ3v) is 7.71. The summed E-state index contributed by atoms with van der Waals surface area (Å²) in [5.41, 5.74) is 4.71. The monoisotopic (exact) mass is 601 g/mol. The molecule has 2 aromatic heterocycles. The average Bonchev–Trinajstić information content (AvgIpc) is 3.62. The SMILES string of the molecule is O=C(c1nn(-c2ccccc2Cl)c(-c2ccc(Br)cc2)c1Cn1cncn1)N1CCN(c2ccccc2)CC1. The van der Waals surface area contributed by atoms with Crippen LogP contribution in [0.3, 0.4) is 0 Å². The highest BCUT2D eigenvalue weighted by Crippen LogP contribution is 2.34. The van der Waals surface area contributed by atoms with Gasteiger partial charge in [-0.05, 0) is 36.4 Å². The van der Waals surface area contributed by atoms with Crippen molar-refractivity contribution < 1.29 is 4.79 Å². The van der Waals surface area contributed by atoms with Crippen LogP contribution in [0.5, 0.6) is 0 Å². The number of halogens is 2. The maximum absolute atomic E-state index is 14.1. The lowest BCUT2D eigenvalue weighted by atomic mass is 10.0. The van der Waals surface area contributed by atoms with Gasteiger partial charge in [0, 0.05) is 47.5 Å². The zero-order chi connectivity index (χ0) is 26.8. The fourth-order valence-corrected chi connectivity index (χ4v) is 5.39. The molecule has 0 N–H and O–H groups in total. The summed E-state index contributed by atoms with van der Waals surface area (Å²) in [6.45, 7) is 3.03. The van der Waals surface area contributed by atoms with Crippen molar-refractivity contribution in [2.75, 3.05) is 31.1 Å². The molecule has 0 unspecified atom stereocenters. The Hall–Kier alpha value is -3.95. The number of amides is 1. The van der Waals surface area contributed by atoms with Gasteiger partial charge in [0.05, 0.1) is 22.9 Å². The summed E-state index contributed by atoms with van der Waals surface area (Å²) in [6, 6.07) is 25.8. The summed E-state index contributed by atoms with van der Waals surface area (Å²) in [4.78, 5) is 22.4. The average molecular weight is 603 g/mol. The van der Waals surface area contributed by atoms with Gasteiger partial charge in [-0.15, -0.1) is 0 Å². The first-order valence-corrected chi connectivity index (χ1v) is 13.8. The van der Waals surface area contributed by atoms with Crippen molar-refractivity contribution >= 4 is 39.1 Å². The highest BCUT2D eigenvalue weighted by Gasteiger charge is 2.30. The summed E-state index contributed by atoms with van der Waals surface area (Å²) in [5.74, 6) is -0.109. The molecule has 0 aliphatic carbocycles. The van der Waals surface area contributed by atoms with Crippen LogP contribution in [0.15, 0.2) is 96.0 Å². The molecule has 0 radical (unpaired) electrons. The van der Waals surface area contributed by atoms with Gasteiger partial charge >= 0.3 is 0 Å². The molecule has 6 rings (SSSR count). The van der Waals surface area contributed by atoms with E-state index in [9.17, 15) is 4.79 Å². The number of benzene rings is 3. The highest BCUT2D eigenvalue weighted by atomic mass is 79.9. The fraction of sp³-hybridized carbons (Fsp3) is 0.172. The van der Waals surface area contributed by atoms with E-state index in [4.69, 9.17) is 16.7 Å². The summed E-state index contributed by atoms with van der Waals surface area (Å²) in [6.07, 6.45) is 3.13. The second kappa shape index (κ2) is 11.0. The molecule has 3 aromatic carbocycles. The number of nitrogens with zero attached hydrogens (tertiary/aromatic N) is 7. The molecule has 0 bridgehead atoms. The summed E-state index contributed by atoms with van der Waals surface area (Å²) in [7, 11) is 0. The standard InChI is InChI=1S/C29H25BrClN7O/c30-22-12-10-21(11-13-22)28-24(18-37-20-32-19-33-37)27(34-38(28)26-9-5-4-8-25(26)31)29(39)36-16-14-35(15-17-36)23-6-2-1-3-7-23/h1-13,19-20H,14-18H2. The van der Waals surface area contributed by atoms with E-state index in [1.165, 1.54) is 6.33 Å². The lowest BCUT2D eigenvalue weighted by molar-refractivity contribution is 0.0739. The molecule has 3 heterocycles. The molecule has 0 saturated carbocycles. The van der Waals surface area contributed by atoms with E-state index in [1.807, 2.05) is 71.6 Å². The first kappa shape index (κ1) is 25.3. The van der Waals surface area contributed by atoms with Crippen molar-refractivity contribution in [3.05, 3.63) is 112 Å². The molecule has 10 heteroatoms. The zero-order valence-corrected chi connectivity index (χ0v) is 23.3. The van der Waals surface area contributed by atoms with Gasteiger partial charge < -0.3 is 9.80 Å². The second-order valence-electron chi connectivity index (χ2n) is 9.25. The minimum absolute atomic E-state index is 0.109. The second-order valence-corrected chi connectivity index (χ2v) is 10.6. The first-order chi connectivity index (χ1) is 19.1. The molecule has 8 nitrogen and oxygen atoms in total. The van der Waals surface area contributed by atoms with Gasteiger partial charge in [-0.1, -0.05) is 70.0 Å². The van der Waals surface area contributed by atoms with E-state index in [1.54, 1.807) is 15.7 Å². The minimum Gasteiger partial charge on any atom is -0.368 e. The van der Waals surface area contributed by atoms with Gasteiger partial charge in [0.15, 0.2) is 5.69 Å². The Morgan fingerprint density at radius 2 is 1.62 bits per heavy atom. The predicted molar refractivity (Wildman–Crippen MR) is 155 cm³/mol. The van der Waals surface area contributed by atoms with Crippen LogP contribution < -0.4 is 4.90 Å². The van der Waals surface area contributed by atoms with Crippen LogP contribution in [0.25, 0.3) is 16.9 Å². The van der Waals surface area contributed by atoms with Crippen LogP contribution in [0, 0.1) is 0 Å². The van der Waals surface area contributed by atoms with Gasteiger partial charge in [-0.25, -0.2) is 14.3 Å². The van der Waals surface area contributed by atoms with Crippen molar-refractivity contribution in [3.63, 3.8) is 0 Å². The topological polar surface area (TPSA) is 72.1 Å². The van der Waals surface area contributed by atoms with E-state index in [2.05, 4.69) is 43.0 Å². The maximum Gasteiger partial charge on any atom is 0.274 e. The fourth-order valence-electron chi connectivity index (χ4n) is 4.91. The van der Waals surface area contributed by atoms with Crippen LogP contribution in [0.4, 0.5) is 5.69 Å². The van der Waals surface area contributed by atoms with Crippen molar-refractivity contribution in [1.29, 1.82) is 0 Å². The van der Waals surface area contributed by atoms with E-state index in [-0.39, 0.29) is 5.91 Å². The van der Waals surface area contributed by atoms with Gasteiger partial charge in [0.1, 0.15) is 12.7 Å². The smallest absolute Gasteiger partial charge is 0.274 e. The van der Waals surface area contributed by atoms with Gasteiger partial charge in [-0.2, -0.15) is 10.2 Å². The van der Waals surface area contributed by atoms with Crippen molar-refractivity contribution in [1.82, 2.24) is 29.4 Å². The Morgan fingerprint density at radius 1 is 0.897 bits per heavy atom. The number of anilines is 1. The summed E-state index contributed by atoms with van der Waals surface area (Å²) in [5, 5.41) is 9.79. The number of piperazine rings is 1. The minimum atomic E-state index is -0.109. The van der Waals surface area contributed by atoms with Crippen LogP contribution in [-0.2, 0) is 6.54 Å². The molecule has 5 aromatic rings. The molecule has 196 valence electrons. The molecule has 0 spiro atoms. The number of aromatic nitrogens is 5. The molecular weight excluding hydrogens is 578 g/mol. The predicted octanol–water partition coefficient (Wildman–Crippen LogP) is 5.56. The van der Waals surface area contributed by atoms with E-state index >= 15 is 0 Å². The third-order valence-electron chi connectivity index (χ3n) is 6.86. The number of rotatable bonds is 6. The normalized spacial score (nSPS) is 13.6. The molecule has 1 saturated heterocycles. The molecule has 1 aliphatic heterocycles. The Kier molecular flexibility index (Phi) is 7.17. The van der Waals surface area contributed by atoms with Gasteiger partial charge in [0.2, 0.25) is 0 Å². The van der Waals surface area contributed by atoms with Crippen molar-refractivity contribution in [3.8, 4) is 16.9 Å². The number of carbonyl (C=O) groups excluding carboxylic acids is 1. The lowest BCUT2D eigenvalue weighted by Crippen LogP contribution is -2.49. The molecule has 0 atom stereocenters. The Bertz CT molecular complexity index is 1580. The number of hydrogen-bond acceptors (Lipinski definition) is 5. The van der Waals surface area contributed by atoms with E-state index in [0.717, 1.165) is 40.1 Å². The van der Waals surface area contributed by atoms with Crippen LogP contribution in [-0.4, -0.2) is 61.5 Å². The number of hydrogen-bond donors (Lipinski definition) is 0. The van der Waals surface area contributed by atoms with Crippen LogP contribution in [0.1, 0.15) is 16.1 Å². The third kappa shape index (κ3) is 5.20. The highest BCUT2D eigenvalue weighted by molar-refractivity contribution is 9.10. The quantitative estimate of drug-likeness (QED) is 0.255. The molecule has 1 fully saturated rings. The summed E-state index contributed by atoms with van der Waals surface area (Å²) < 4.78 is 4.45. The zero-order valence-electron chi connectivity index (χ0n) is 21.0. The maximum atomic E-state index is 14.1. The largest absolute Gasteiger partial charge is 0.368 e. The van der Waals surface area contributed by atoms with Crippen molar-refractivity contribution in [2.24, 2.45) is 0 Å². The Balaban J connectivity index is 1.43. The van der Waals surface area contributed by atoms with Gasteiger partial charge in [0.25, 0.3) is 5.91 Å². The Morgan fingerprint density at radius 3 is 2.31 bits per heavy atom. The van der Waals surface area contributed by atoms with Gasteiger partial charge in [-0.3, -0.25) is 4.79 Å². The first-order valence-electron chi connectivity index (χ1n) is 12.6. The number of carbonyl (C=O) groups is 1. The van der Waals surface area contributed by atoms with E-state index < -0.39 is 0 Å². The Labute approximate surface area is 239 Å².